The summed E-state index contributed by atoms with van der Waals surface area (Å²) in [7, 11) is 0. The van der Waals surface area contributed by atoms with Crippen molar-refractivity contribution in [2.75, 3.05) is 11.9 Å². The van der Waals surface area contributed by atoms with Crippen LogP contribution in [-0.2, 0) is 20.8 Å². The van der Waals surface area contributed by atoms with Crippen molar-refractivity contribution in [1.82, 2.24) is 29.9 Å². The molecule has 3 atom stereocenters. The molecule has 11 nitrogen and oxygen atoms in total. The number of anilines is 2. The molecule has 0 saturated carbocycles. The van der Waals surface area contributed by atoms with E-state index in [-0.39, 0.29) is 46.6 Å². The average Bonchev–Trinajstić information content (AvgIpc) is 3.45. The van der Waals surface area contributed by atoms with Gasteiger partial charge in [-0.25, -0.2) is 19.2 Å². The topological polar surface area (TPSA) is 128 Å². The van der Waals surface area contributed by atoms with Gasteiger partial charge < -0.3 is 20.1 Å². The Hall–Kier alpha value is -3.17. The summed E-state index contributed by atoms with van der Waals surface area (Å²) < 4.78 is 67.6. The van der Waals surface area contributed by atoms with E-state index in [1.165, 1.54) is 22.7 Å². The number of ether oxygens (including phenoxy) is 3. The molecular formula is C19H20ClF4N7O4. The first-order valence-electron chi connectivity index (χ1n) is 10.3. The lowest BCUT2D eigenvalue weighted by Crippen LogP contribution is -2.36. The minimum atomic E-state index is -4.81. The van der Waals surface area contributed by atoms with Crippen LogP contribution in [0.2, 0.25) is 5.15 Å². The maximum atomic E-state index is 14.9. The van der Waals surface area contributed by atoms with Crippen LogP contribution in [0.5, 0.6) is 0 Å². The van der Waals surface area contributed by atoms with Crippen molar-refractivity contribution in [3.63, 3.8) is 0 Å². The first kappa shape index (κ1) is 24.9. The number of imidazole rings is 1. The van der Waals surface area contributed by atoms with Crippen LogP contribution in [0.25, 0.3) is 5.65 Å². The second-order valence-corrected chi connectivity index (χ2v) is 8.26. The summed E-state index contributed by atoms with van der Waals surface area (Å²) in [6.07, 6.45) is -8.08. The van der Waals surface area contributed by atoms with Crippen LogP contribution in [0.1, 0.15) is 31.3 Å². The molecule has 4 heterocycles. The molecule has 16 heteroatoms. The highest BCUT2D eigenvalue weighted by atomic mass is 35.5. The van der Waals surface area contributed by atoms with E-state index in [9.17, 15) is 22.4 Å². The number of aromatic amines is 1. The average molecular weight is 522 g/mol. The van der Waals surface area contributed by atoms with Crippen LogP contribution < -0.4 is 10.6 Å². The fourth-order valence-corrected chi connectivity index (χ4v) is 3.51. The van der Waals surface area contributed by atoms with Crippen molar-refractivity contribution in [2.24, 2.45) is 0 Å². The Bertz CT molecular complexity index is 1200. The van der Waals surface area contributed by atoms with Gasteiger partial charge in [0, 0.05) is 24.4 Å². The predicted octanol–water partition coefficient (Wildman–Crippen LogP) is 3.80. The van der Waals surface area contributed by atoms with Crippen LogP contribution in [0.15, 0.2) is 18.3 Å². The summed E-state index contributed by atoms with van der Waals surface area (Å²) in [6.45, 7) is 2.53. The Labute approximate surface area is 200 Å². The van der Waals surface area contributed by atoms with Crippen molar-refractivity contribution in [1.29, 1.82) is 0 Å². The maximum absolute atomic E-state index is 14.9. The summed E-state index contributed by atoms with van der Waals surface area (Å²) in [5.41, 5.74) is 0.467. The third-order valence-electron chi connectivity index (χ3n) is 4.75. The quantitative estimate of drug-likeness (QED) is 0.316. The minimum absolute atomic E-state index is 0.00988. The SMILES string of the molecule is CC(C)NC(=O)O[C@@H]1CO[C@H](c2cc(Nc3nc(Cl)cc4nc(COC(F)(F)F)cn34)n[nH]2)[C@H]1F. The van der Waals surface area contributed by atoms with E-state index in [4.69, 9.17) is 21.1 Å². The lowest BCUT2D eigenvalue weighted by atomic mass is 10.1. The predicted molar refractivity (Wildman–Crippen MR) is 113 cm³/mol. The summed E-state index contributed by atoms with van der Waals surface area (Å²) in [5.74, 6) is 0.280. The van der Waals surface area contributed by atoms with E-state index in [1.54, 1.807) is 13.8 Å². The number of rotatable bonds is 7. The van der Waals surface area contributed by atoms with Crippen LogP contribution in [0.4, 0.5) is 34.1 Å². The number of fused-ring (bicyclic) bond motifs is 1. The number of hydrogen-bond donors (Lipinski definition) is 3. The number of H-pyrrole nitrogens is 1. The largest absolute Gasteiger partial charge is 0.522 e. The number of aromatic nitrogens is 5. The summed E-state index contributed by atoms with van der Waals surface area (Å²) in [5, 5.41) is 12.1. The molecule has 190 valence electrons. The smallest absolute Gasteiger partial charge is 0.441 e. The van der Waals surface area contributed by atoms with Gasteiger partial charge in [0.25, 0.3) is 0 Å². The zero-order chi connectivity index (χ0) is 25.3. The molecule has 3 N–H and O–H groups in total. The van der Waals surface area contributed by atoms with Gasteiger partial charge in [-0.3, -0.25) is 14.2 Å². The number of carbonyl (C=O) groups excluding carboxylic acids is 1. The van der Waals surface area contributed by atoms with Crippen molar-refractivity contribution in [2.45, 2.75) is 51.2 Å². The maximum Gasteiger partial charge on any atom is 0.522 e. The monoisotopic (exact) mass is 521 g/mol. The number of halogens is 5. The van der Waals surface area contributed by atoms with E-state index >= 15 is 0 Å². The van der Waals surface area contributed by atoms with Gasteiger partial charge in [0.1, 0.15) is 16.9 Å². The molecule has 35 heavy (non-hydrogen) atoms. The molecule has 1 aliphatic heterocycles. The highest BCUT2D eigenvalue weighted by Crippen LogP contribution is 2.33. The van der Waals surface area contributed by atoms with Crippen LogP contribution >= 0.6 is 11.6 Å². The van der Waals surface area contributed by atoms with Gasteiger partial charge in [-0.15, -0.1) is 13.2 Å². The summed E-state index contributed by atoms with van der Waals surface area (Å²) >= 11 is 6.01. The Morgan fingerprint density at radius 1 is 1.37 bits per heavy atom. The third-order valence-corrected chi connectivity index (χ3v) is 4.94. The second-order valence-electron chi connectivity index (χ2n) is 7.87. The van der Waals surface area contributed by atoms with Crippen LogP contribution in [0, 0.1) is 0 Å². The molecule has 0 unspecified atom stereocenters. The first-order valence-corrected chi connectivity index (χ1v) is 10.7. The van der Waals surface area contributed by atoms with Crippen molar-refractivity contribution >= 4 is 35.1 Å². The number of nitrogens with one attached hydrogen (secondary N) is 3. The Morgan fingerprint density at radius 2 is 2.14 bits per heavy atom. The zero-order valence-corrected chi connectivity index (χ0v) is 19.0. The van der Waals surface area contributed by atoms with Gasteiger partial charge in [0.2, 0.25) is 5.95 Å². The lowest BCUT2D eigenvalue weighted by Gasteiger charge is -2.16. The van der Waals surface area contributed by atoms with Crippen molar-refractivity contribution in [3.8, 4) is 0 Å². The highest BCUT2D eigenvalue weighted by Gasteiger charge is 2.42. The van der Waals surface area contributed by atoms with Crippen molar-refractivity contribution < 1.29 is 36.6 Å². The number of carbonyl (C=O) groups is 1. The molecule has 0 aliphatic carbocycles. The van der Waals surface area contributed by atoms with Gasteiger partial charge in [-0.05, 0) is 13.8 Å². The molecule has 1 saturated heterocycles. The summed E-state index contributed by atoms with van der Waals surface area (Å²) in [6, 6.07) is 2.64. The second kappa shape index (κ2) is 9.83. The normalized spacial score (nSPS) is 20.5. The van der Waals surface area contributed by atoms with Gasteiger partial charge in [0.05, 0.1) is 24.6 Å². The third kappa shape index (κ3) is 6.10. The molecule has 1 fully saturated rings. The van der Waals surface area contributed by atoms with Crippen LogP contribution in [0.3, 0.4) is 0 Å². The Morgan fingerprint density at radius 3 is 2.86 bits per heavy atom. The molecule has 0 spiro atoms. The number of alkyl carbamates (subject to hydrolysis) is 1. The van der Waals surface area contributed by atoms with E-state index in [1.807, 2.05) is 0 Å². The van der Waals surface area contributed by atoms with E-state index in [2.05, 4.69) is 35.5 Å². The molecule has 0 aromatic carbocycles. The molecule has 3 aromatic rings. The standard InChI is InChI=1S/C19H20ClF4N7O4/c1-8(2)25-18(32)35-11-7-33-16(15(11)21)10-3-13(30-29-10)28-17-27-12(20)4-14-26-9(5-31(14)17)6-34-19(22,23)24/h3-5,8,11,15-16H,6-7H2,1-2H3,(H,25,32)(H2,27,28,29,30)/t11-,15+,16-/m1/s1. The Balaban J connectivity index is 1.46. The number of amides is 1. The van der Waals surface area contributed by atoms with E-state index < -0.39 is 37.4 Å². The fourth-order valence-electron chi connectivity index (χ4n) is 3.33. The summed E-state index contributed by atoms with van der Waals surface area (Å²) in [4.78, 5) is 19.9. The number of nitrogens with zero attached hydrogens (tertiary/aromatic N) is 4. The highest BCUT2D eigenvalue weighted by molar-refractivity contribution is 6.29. The fraction of sp³-hybridized carbons (Fsp3) is 0.474. The Kier molecular flexibility index (Phi) is 7.00. The molecule has 1 amide bonds. The molecular weight excluding hydrogens is 502 g/mol. The van der Waals surface area contributed by atoms with Gasteiger partial charge in [0.15, 0.2) is 18.1 Å². The molecule has 3 aromatic heterocycles. The van der Waals surface area contributed by atoms with E-state index in [0.717, 1.165) is 0 Å². The van der Waals surface area contributed by atoms with Crippen LogP contribution in [-0.4, -0.2) is 61.9 Å². The van der Waals surface area contributed by atoms with Gasteiger partial charge in [-0.2, -0.15) is 5.10 Å². The van der Waals surface area contributed by atoms with Gasteiger partial charge in [-0.1, -0.05) is 11.6 Å². The number of alkyl halides is 4. The molecule has 0 radical (unpaired) electrons. The lowest BCUT2D eigenvalue weighted by molar-refractivity contribution is -0.330. The number of hydrogen-bond acceptors (Lipinski definition) is 8. The molecule has 0 bridgehead atoms. The van der Waals surface area contributed by atoms with E-state index in [0.29, 0.717) is 0 Å². The minimum Gasteiger partial charge on any atom is -0.441 e. The zero-order valence-electron chi connectivity index (χ0n) is 18.3. The first-order chi connectivity index (χ1) is 16.5. The molecule has 4 rings (SSSR count). The molecule has 1 aliphatic rings. The van der Waals surface area contributed by atoms with Crippen molar-refractivity contribution in [3.05, 3.63) is 34.9 Å². The van der Waals surface area contributed by atoms with Gasteiger partial charge >= 0.3 is 12.5 Å².